The first kappa shape index (κ1) is 13.0. The SMILES string of the molecule is C[As](CC(=O)[O-])(CC(=O)[O-])CC(=O)[O-]. The predicted molar refractivity (Wildman–Crippen MR) is 41.1 cm³/mol. The van der Waals surface area contributed by atoms with Gasteiger partial charge < -0.3 is 0 Å². The minimum atomic E-state index is -3.28. The Hall–Kier alpha value is -1.03. The Morgan fingerprint density at radius 2 is 1.07 bits per heavy atom. The van der Waals surface area contributed by atoms with Gasteiger partial charge in [-0.15, -0.1) is 0 Å². The number of carboxylic acids is 3. The van der Waals surface area contributed by atoms with Gasteiger partial charge in [-0.2, -0.15) is 0 Å². The third kappa shape index (κ3) is 5.59. The molecule has 0 atom stereocenters. The molecule has 0 saturated heterocycles. The standard InChI is InChI=1S/C7H12AsO6/c1-8(2-5(9)10,3-6(11)12)4-7(13)14/h2-4H2,1H3,(H,9,10)(H,11,12)(H,13,14)/p-3. The quantitative estimate of drug-likeness (QED) is 0.455. The zero-order valence-corrected chi connectivity index (χ0v) is 9.39. The van der Waals surface area contributed by atoms with E-state index in [9.17, 15) is 29.7 Å². The third-order valence-corrected chi connectivity index (χ3v) is 7.96. The van der Waals surface area contributed by atoms with Crippen molar-refractivity contribution in [1.29, 1.82) is 0 Å². The third-order valence-electron chi connectivity index (χ3n) is 1.53. The average molecular weight is 264 g/mol. The zero-order valence-electron chi connectivity index (χ0n) is 7.52. The van der Waals surface area contributed by atoms with Crippen LogP contribution in [0.3, 0.4) is 0 Å². The first-order valence-corrected chi connectivity index (χ1v) is 9.54. The van der Waals surface area contributed by atoms with Gasteiger partial charge in [0.05, 0.1) is 0 Å². The van der Waals surface area contributed by atoms with Crippen molar-refractivity contribution in [3.8, 4) is 0 Å². The molecule has 0 amide bonds. The van der Waals surface area contributed by atoms with Gasteiger partial charge in [0.1, 0.15) is 0 Å². The molecule has 0 unspecified atom stereocenters. The van der Waals surface area contributed by atoms with Crippen LogP contribution < -0.4 is 15.3 Å². The zero-order chi connectivity index (χ0) is 11.4. The average Bonchev–Trinajstić information content (AvgIpc) is 1.76. The Bertz CT molecular complexity index is 220. The molecule has 0 rings (SSSR count). The van der Waals surface area contributed by atoms with Crippen LogP contribution in [0.25, 0.3) is 0 Å². The molecule has 0 aromatic heterocycles. The molecule has 0 spiro atoms. The van der Waals surface area contributed by atoms with Crippen LogP contribution in [0.5, 0.6) is 0 Å². The molecule has 0 fully saturated rings. The normalized spacial score (nSPS) is 10.9. The molecule has 14 heavy (non-hydrogen) atoms. The molecule has 0 saturated carbocycles. The van der Waals surface area contributed by atoms with Gasteiger partial charge in [0.25, 0.3) is 0 Å². The van der Waals surface area contributed by atoms with Crippen molar-refractivity contribution in [2.45, 2.75) is 21.3 Å². The second-order valence-corrected chi connectivity index (χ2v) is 12.0. The molecule has 0 heterocycles. The number of aliphatic carboxylic acids is 3. The fraction of sp³-hybridized carbons (Fsp3) is 0.571. The fourth-order valence-corrected chi connectivity index (χ4v) is 5.73. The Balaban J connectivity index is 4.56. The van der Waals surface area contributed by atoms with E-state index in [2.05, 4.69) is 0 Å². The number of carboxylic acid groups (broad SMARTS) is 3. The van der Waals surface area contributed by atoms with Crippen molar-refractivity contribution in [2.24, 2.45) is 0 Å². The summed E-state index contributed by atoms with van der Waals surface area (Å²) in [6, 6.07) is 0. The van der Waals surface area contributed by atoms with Crippen LogP contribution in [0, 0.1) is 0 Å². The van der Waals surface area contributed by atoms with Crippen molar-refractivity contribution >= 4 is 31.5 Å². The van der Waals surface area contributed by atoms with Crippen LogP contribution in [0.4, 0.5) is 0 Å². The van der Waals surface area contributed by atoms with E-state index in [1.54, 1.807) is 0 Å². The predicted octanol–water partition coefficient (Wildman–Crippen LogP) is -3.69. The Morgan fingerprint density at radius 1 is 0.857 bits per heavy atom. The summed E-state index contributed by atoms with van der Waals surface area (Å²) in [4.78, 5) is 30.8. The van der Waals surface area contributed by atoms with Crippen LogP contribution in [0.1, 0.15) is 0 Å². The topological polar surface area (TPSA) is 120 Å². The molecular weight excluding hydrogens is 255 g/mol. The van der Waals surface area contributed by atoms with E-state index < -0.39 is 47.1 Å². The van der Waals surface area contributed by atoms with E-state index in [1.807, 2.05) is 0 Å². The molecule has 0 aliphatic carbocycles. The minimum absolute atomic E-state index is 0.486. The summed E-state index contributed by atoms with van der Waals surface area (Å²) in [5.74, 6) is -4.28. The van der Waals surface area contributed by atoms with Gasteiger partial charge >= 0.3 is 82.5 Å². The fourth-order valence-electron chi connectivity index (χ4n) is 1.10. The molecule has 7 heteroatoms. The molecule has 0 aromatic carbocycles. The van der Waals surface area contributed by atoms with Crippen LogP contribution >= 0.6 is 0 Å². The van der Waals surface area contributed by atoms with E-state index in [0.29, 0.717) is 0 Å². The van der Waals surface area contributed by atoms with Gasteiger partial charge in [-0.25, -0.2) is 0 Å². The molecule has 0 bridgehead atoms. The molecule has 81 valence electrons. The molecule has 1 radical (unpaired) electrons. The summed E-state index contributed by atoms with van der Waals surface area (Å²) >= 11 is -3.28. The summed E-state index contributed by atoms with van der Waals surface area (Å²) < 4.78 is 0. The Morgan fingerprint density at radius 3 is 1.21 bits per heavy atom. The molecule has 0 aliphatic heterocycles. The van der Waals surface area contributed by atoms with Crippen molar-refractivity contribution < 1.29 is 29.7 Å². The molecule has 0 N–H and O–H groups in total. The second kappa shape index (κ2) is 5.00. The monoisotopic (exact) mass is 264 g/mol. The number of carbonyl (C=O) groups is 3. The maximum absolute atomic E-state index is 10.3. The Labute approximate surface area is 83.0 Å². The molecule has 6 nitrogen and oxygen atoms in total. The first-order chi connectivity index (χ1) is 6.25. The molecule has 0 aromatic rings. The second-order valence-electron chi connectivity index (χ2n) is 3.21. The van der Waals surface area contributed by atoms with E-state index in [0.717, 1.165) is 0 Å². The molecular formula is C7H9AsO6-3. The number of hydrogen-bond acceptors (Lipinski definition) is 6. The summed E-state index contributed by atoms with van der Waals surface area (Å²) in [6.45, 7) is 0. The van der Waals surface area contributed by atoms with E-state index in [4.69, 9.17) is 0 Å². The van der Waals surface area contributed by atoms with Crippen LogP contribution in [0.2, 0.25) is 21.3 Å². The van der Waals surface area contributed by atoms with Crippen LogP contribution in [-0.4, -0.2) is 31.5 Å². The maximum atomic E-state index is 10.3. The summed E-state index contributed by atoms with van der Waals surface area (Å²) in [5, 5.41) is 29.4. The number of rotatable bonds is 6. The molecule has 0 aliphatic rings. The van der Waals surface area contributed by atoms with Crippen molar-refractivity contribution in [2.75, 3.05) is 0 Å². The first-order valence-electron chi connectivity index (χ1n) is 3.68. The van der Waals surface area contributed by atoms with Gasteiger partial charge in [-0.05, 0) is 0 Å². The Kier molecular flexibility index (Phi) is 4.63. The number of hydrogen-bond donors (Lipinski definition) is 0. The van der Waals surface area contributed by atoms with Crippen molar-refractivity contribution in [1.82, 2.24) is 0 Å². The van der Waals surface area contributed by atoms with Crippen molar-refractivity contribution in [3.63, 3.8) is 0 Å². The summed E-state index contributed by atoms with van der Waals surface area (Å²) in [6.07, 6.45) is 0. The van der Waals surface area contributed by atoms with Gasteiger partial charge in [-0.1, -0.05) is 0 Å². The summed E-state index contributed by atoms with van der Waals surface area (Å²) in [5.41, 5.74) is 1.39. The summed E-state index contributed by atoms with van der Waals surface area (Å²) in [7, 11) is 0. The van der Waals surface area contributed by atoms with E-state index >= 15 is 0 Å². The van der Waals surface area contributed by atoms with Crippen LogP contribution in [0.15, 0.2) is 0 Å². The van der Waals surface area contributed by atoms with Gasteiger partial charge in [-0.3, -0.25) is 0 Å². The van der Waals surface area contributed by atoms with Crippen LogP contribution in [-0.2, 0) is 14.4 Å². The van der Waals surface area contributed by atoms with Gasteiger partial charge in [0.2, 0.25) is 0 Å². The van der Waals surface area contributed by atoms with E-state index in [1.165, 1.54) is 5.71 Å². The van der Waals surface area contributed by atoms with E-state index in [-0.39, 0.29) is 0 Å². The van der Waals surface area contributed by atoms with Gasteiger partial charge in [0, 0.05) is 0 Å². The van der Waals surface area contributed by atoms with Crippen molar-refractivity contribution in [3.05, 3.63) is 0 Å². The van der Waals surface area contributed by atoms with Gasteiger partial charge in [0.15, 0.2) is 0 Å². The number of carbonyl (C=O) groups excluding carboxylic acids is 3.